The second-order valence-electron chi connectivity index (χ2n) is 6.18. The Morgan fingerprint density at radius 3 is 2.76 bits per heavy atom. The molecule has 0 radical (unpaired) electrons. The predicted octanol–water partition coefficient (Wildman–Crippen LogP) is 2.94. The van der Waals surface area contributed by atoms with Crippen molar-refractivity contribution in [2.24, 2.45) is 5.92 Å². The maximum Gasteiger partial charge on any atom is 0.254 e. The third kappa shape index (κ3) is 3.40. The number of amides is 1. The van der Waals surface area contributed by atoms with Crippen molar-refractivity contribution in [3.8, 4) is 0 Å². The normalized spacial score (nSPS) is 25.7. The van der Waals surface area contributed by atoms with Crippen LogP contribution >= 0.6 is 0 Å². The number of hydrogen-bond acceptors (Lipinski definition) is 2. The van der Waals surface area contributed by atoms with Gasteiger partial charge in [-0.15, -0.1) is 0 Å². The summed E-state index contributed by atoms with van der Waals surface area (Å²) in [5.74, 6) is -1.76. The van der Waals surface area contributed by atoms with Crippen LogP contribution in [0.2, 0.25) is 0 Å². The Morgan fingerprint density at radius 1 is 1.43 bits per heavy atom. The van der Waals surface area contributed by atoms with Crippen LogP contribution in [-0.2, 0) is 0 Å². The van der Waals surface area contributed by atoms with Crippen molar-refractivity contribution in [1.29, 1.82) is 0 Å². The summed E-state index contributed by atoms with van der Waals surface area (Å²) in [7, 11) is 0. The zero-order valence-corrected chi connectivity index (χ0v) is 12.4. The zero-order valence-electron chi connectivity index (χ0n) is 12.4. The number of halogens is 2. The van der Waals surface area contributed by atoms with Gasteiger partial charge in [0.05, 0.1) is 17.7 Å². The van der Waals surface area contributed by atoms with Crippen molar-refractivity contribution < 1.29 is 18.7 Å². The lowest BCUT2D eigenvalue weighted by atomic mass is 9.76. The van der Waals surface area contributed by atoms with Crippen molar-refractivity contribution in [3.05, 3.63) is 34.9 Å². The van der Waals surface area contributed by atoms with Gasteiger partial charge in [-0.3, -0.25) is 4.79 Å². The number of carbonyl (C=O) groups is 1. The molecule has 116 valence electrons. The molecule has 0 bridgehead atoms. The first-order chi connectivity index (χ1) is 9.87. The van der Waals surface area contributed by atoms with Gasteiger partial charge in [-0.05, 0) is 37.3 Å². The Labute approximate surface area is 123 Å². The summed E-state index contributed by atoms with van der Waals surface area (Å²) >= 11 is 0. The van der Waals surface area contributed by atoms with Gasteiger partial charge in [0.1, 0.15) is 11.6 Å². The van der Waals surface area contributed by atoms with E-state index in [9.17, 15) is 18.7 Å². The van der Waals surface area contributed by atoms with Gasteiger partial charge in [0, 0.05) is 6.07 Å². The topological polar surface area (TPSA) is 49.3 Å². The molecule has 5 heteroatoms. The molecule has 3 nitrogen and oxygen atoms in total. The number of aliphatic hydroxyl groups excluding tert-OH is 1. The number of nitrogens with one attached hydrogen (secondary N) is 1. The van der Waals surface area contributed by atoms with Crippen LogP contribution in [0.3, 0.4) is 0 Å². The molecule has 0 spiro atoms. The molecule has 1 saturated carbocycles. The van der Waals surface area contributed by atoms with Crippen LogP contribution in [0.4, 0.5) is 8.78 Å². The number of aliphatic hydroxyl groups is 1. The van der Waals surface area contributed by atoms with Crippen LogP contribution in [0.1, 0.15) is 48.5 Å². The molecular formula is C16H21F2NO2. The zero-order chi connectivity index (χ0) is 15.6. The summed E-state index contributed by atoms with van der Waals surface area (Å²) in [6.07, 6.45) is 3.30. The summed E-state index contributed by atoms with van der Waals surface area (Å²) in [5, 5.41) is 12.4. The summed E-state index contributed by atoms with van der Waals surface area (Å²) in [4.78, 5) is 12.3. The number of hydrogen-bond donors (Lipinski definition) is 2. The third-order valence-corrected chi connectivity index (χ3v) is 4.27. The van der Waals surface area contributed by atoms with Crippen molar-refractivity contribution in [1.82, 2.24) is 5.32 Å². The van der Waals surface area contributed by atoms with E-state index >= 15 is 0 Å². The Morgan fingerprint density at radius 2 is 2.14 bits per heavy atom. The minimum absolute atomic E-state index is 0.176. The number of benzene rings is 1. The van der Waals surface area contributed by atoms with Gasteiger partial charge in [0.2, 0.25) is 0 Å². The molecule has 1 aromatic rings. The minimum Gasteiger partial charge on any atom is -0.394 e. The molecule has 1 aliphatic rings. The third-order valence-electron chi connectivity index (χ3n) is 4.27. The lowest BCUT2D eigenvalue weighted by molar-refractivity contribution is 0.0693. The van der Waals surface area contributed by atoms with E-state index in [1.807, 2.05) is 0 Å². The molecule has 0 heterocycles. The van der Waals surface area contributed by atoms with Gasteiger partial charge < -0.3 is 10.4 Å². The Hall–Kier alpha value is -1.49. The van der Waals surface area contributed by atoms with Crippen LogP contribution in [0.5, 0.6) is 0 Å². The molecule has 2 atom stereocenters. The van der Waals surface area contributed by atoms with Crippen molar-refractivity contribution in [2.45, 2.75) is 45.1 Å². The summed E-state index contributed by atoms with van der Waals surface area (Å²) < 4.78 is 27.0. The van der Waals surface area contributed by atoms with Crippen molar-refractivity contribution in [3.63, 3.8) is 0 Å². The molecule has 0 aliphatic heterocycles. The fraction of sp³-hybridized carbons (Fsp3) is 0.562. The molecule has 1 aromatic carbocycles. The minimum atomic E-state index is -0.882. The highest BCUT2D eigenvalue weighted by Crippen LogP contribution is 2.32. The molecule has 2 N–H and O–H groups in total. The quantitative estimate of drug-likeness (QED) is 0.901. The van der Waals surface area contributed by atoms with E-state index in [-0.39, 0.29) is 17.7 Å². The fourth-order valence-corrected chi connectivity index (χ4v) is 3.10. The fourth-order valence-electron chi connectivity index (χ4n) is 3.10. The molecule has 1 amide bonds. The standard InChI is InChI=1S/C16H21F2NO2/c1-10-4-3-5-16(8-10,9-20)19-15(21)12-6-11(2)13(17)7-14(12)18/h6-7,10,20H,3-5,8-9H2,1-2H3,(H,19,21). The Kier molecular flexibility index (Phi) is 4.61. The van der Waals surface area contributed by atoms with E-state index in [2.05, 4.69) is 12.2 Å². The lowest BCUT2D eigenvalue weighted by Crippen LogP contribution is -2.54. The van der Waals surface area contributed by atoms with E-state index in [1.165, 1.54) is 13.0 Å². The van der Waals surface area contributed by atoms with Crippen molar-refractivity contribution in [2.75, 3.05) is 6.61 Å². The highest BCUT2D eigenvalue weighted by atomic mass is 19.1. The predicted molar refractivity (Wildman–Crippen MR) is 76.0 cm³/mol. The second-order valence-corrected chi connectivity index (χ2v) is 6.18. The average molecular weight is 297 g/mol. The summed E-state index contributed by atoms with van der Waals surface area (Å²) in [5.41, 5.74) is -0.666. The number of carbonyl (C=O) groups excluding carboxylic acids is 1. The largest absolute Gasteiger partial charge is 0.394 e. The van der Waals surface area contributed by atoms with Gasteiger partial charge in [0.25, 0.3) is 5.91 Å². The van der Waals surface area contributed by atoms with Crippen molar-refractivity contribution >= 4 is 5.91 Å². The van der Waals surface area contributed by atoms with E-state index in [0.29, 0.717) is 18.8 Å². The first-order valence-electron chi connectivity index (χ1n) is 7.26. The second kappa shape index (κ2) is 6.10. The van der Waals surface area contributed by atoms with E-state index in [0.717, 1.165) is 18.9 Å². The first kappa shape index (κ1) is 15.9. The molecule has 1 fully saturated rings. The first-order valence-corrected chi connectivity index (χ1v) is 7.26. The Balaban J connectivity index is 2.22. The van der Waals surface area contributed by atoms with Gasteiger partial charge in [-0.25, -0.2) is 8.78 Å². The molecule has 21 heavy (non-hydrogen) atoms. The van der Waals surface area contributed by atoms with E-state index < -0.39 is 23.1 Å². The van der Waals surface area contributed by atoms with E-state index in [1.54, 1.807) is 0 Å². The highest BCUT2D eigenvalue weighted by molar-refractivity contribution is 5.95. The maximum atomic E-state index is 13.8. The highest BCUT2D eigenvalue weighted by Gasteiger charge is 2.36. The molecule has 2 rings (SSSR count). The summed E-state index contributed by atoms with van der Waals surface area (Å²) in [6.45, 7) is 3.37. The van der Waals surface area contributed by atoms with Crippen LogP contribution in [0.25, 0.3) is 0 Å². The molecule has 1 aliphatic carbocycles. The lowest BCUT2D eigenvalue weighted by Gasteiger charge is -2.39. The SMILES string of the molecule is Cc1cc(C(=O)NC2(CO)CCCC(C)C2)c(F)cc1F. The monoisotopic (exact) mass is 297 g/mol. The van der Waals surface area contributed by atoms with Crippen LogP contribution in [0.15, 0.2) is 12.1 Å². The molecule has 0 saturated heterocycles. The van der Waals surface area contributed by atoms with Crippen LogP contribution < -0.4 is 5.32 Å². The van der Waals surface area contributed by atoms with E-state index in [4.69, 9.17) is 0 Å². The smallest absolute Gasteiger partial charge is 0.254 e. The van der Waals surface area contributed by atoms with Gasteiger partial charge in [0.15, 0.2) is 0 Å². The van der Waals surface area contributed by atoms with Gasteiger partial charge >= 0.3 is 0 Å². The number of rotatable bonds is 3. The molecule has 2 unspecified atom stereocenters. The van der Waals surface area contributed by atoms with Crippen LogP contribution in [-0.4, -0.2) is 23.2 Å². The van der Waals surface area contributed by atoms with Crippen LogP contribution in [0, 0.1) is 24.5 Å². The number of aryl methyl sites for hydroxylation is 1. The summed E-state index contributed by atoms with van der Waals surface area (Å²) in [6, 6.07) is 1.93. The Bertz CT molecular complexity index is 547. The maximum absolute atomic E-state index is 13.8. The molecule has 0 aromatic heterocycles. The van der Waals surface area contributed by atoms with Gasteiger partial charge in [-0.2, -0.15) is 0 Å². The van der Waals surface area contributed by atoms with Gasteiger partial charge in [-0.1, -0.05) is 19.8 Å². The average Bonchev–Trinajstić information content (AvgIpc) is 2.42. The molecular weight excluding hydrogens is 276 g/mol.